The number of aliphatic hydroxyl groups is 1. The molecule has 0 aromatic heterocycles. The van der Waals surface area contributed by atoms with Crippen LogP contribution in [0.3, 0.4) is 0 Å². The van der Waals surface area contributed by atoms with Crippen molar-refractivity contribution in [3.05, 3.63) is 0 Å². The molecule has 3 atom stereocenters. The molecule has 0 heterocycles. The summed E-state index contributed by atoms with van der Waals surface area (Å²) in [5, 5.41) is 24.6. The fraction of sp³-hybridized carbons (Fsp3) is 0.833. The molecule has 5 nitrogen and oxygen atoms in total. The van der Waals surface area contributed by atoms with Crippen LogP contribution < -0.4 is 0 Å². The van der Waals surface area contributed by atoms with Gasteiger partial charge in [-0.25, -0.2) is 9.59 Å². The van der Waals surface area contributed by atoms with E-state index in [1.54, 1.807) is 0 Å². The van der Waals surface area contributed by atoms with Gasteiger partial charge in [0.25, 0.3) is 0 Å². The van der Waals surface area contributed by atoms with E-state index in [9.17, 15) is 5.11 Å². The molecule has 0 spiro atoms. The highest BCUT2D eigenvalue weighted by atomic mass is 16.4. The van der Waals surface area contributed by atoms with Gasteiger partial charge in [-0.05, 0) is 36.0 Å². The molecular weight excluding hydrogens is 224 g/mol. The van der Waals surface area contributed by atoms with Crippen molar-refractivity contribution >= 4 is 11.9 Å². The molecule has 2 fully saturated rings. The molecule has 2 aliphatic rings. The standard InChI is InChI=1S/C10H18O.C2H2O4/c1-9(2)7-4-5-10(9,3)8(11)6-7;3-1(4)2(5)6/h7-8,11H,4-6H2,1-3H3;(H,3,4)(H,5,6). The summed E-state index contributed by atoms with van der Waals surface area (Å²) >= 11 is 0. The number of fused-ring (bicyclic) bond motifs is 2. The van der Waals surface area contributed by atoms with E-state index in [4.69, 9.17) is 19.8 Å². The van der Waals surface area contributed by atoms with Crippen molar-refractivity contribution in [2.24, 2.45) is 16.7 Å². The molecule has 0 aromatic carbocycles. The van der Waals surface area contributed by atoms with Crippen molar-refractivity contribution in [1.29, 1.82) is 0 Å². The lowest BCUT2D eigenvalue weighted by Gasteiger charge is -2.36. The van der Waals surface area contributed by atoms with Crippen molar-refractivity contribution in [2.45, 2.75) is 46.1 Å². The van der Waals surface area contributed by atoms with Gasteiger partial charge in [0.05, 0.1) is 6.10 Å². The van der Waals surface area contributed by atoms with Gasteiger partial charge in [0, 0.05) is 0 Å². The normalized spacial score (nSPS) is 37.2. The van der Waals surface area contributed by atoms with E-state index in [-0.39, 0.29) is 11.5 Å². The van der Waals surface area contributed by atoms with Crippen LogP contribution in [0.1, 0.15) is 40.0 Å². The predicted molar refractivity (Wildman–Crippen MR) is 60.5 cm³/mol. The van der Waals surface area contributed by atoms with E-state index >= 15 is 0 Å². The smallest absolute Gasteiger partial charge is 0.414 e. The quantitative estimate of drug-likeness (QED) is 0.559. The van der Waals surface area contributed by atoms with Crippen LogP contribution in [0, 0.1) is 16.7 Å². The maximum atomic E-state index is 9.81. The molecule has 2 rings (SSSR count). The number of carboxylic acid groups (broad SMARTS) is 2. The number of rotatable bonds is 0. The Morgan fingerprint density at radius 2 is 1.59 bits per heavy atom. The molecule has 0 amide bonds. The second-order valence-corrected chi connectivity index (χ2v) is 5.74. The average Bonchev–Trinajstić information content (AvgIpc) is 2.51. The number of aliphatic hydroxyl groups excluding tert-OH is 1. The third-order valence-electron chi connectivity index (χ3n) is 4.93. The summed E-state index contributed by atoms with van der Waals surface area (Å²) in [6.45, 7) is 6.90. The number of carboxylic acids is 2. The minimum Gasteiger partial charge on any atom is -0.473 e. The highest BCUT2D eigenvalue weighted by molar-refractivity contribution is 6.27. The fourth-order valence-corrected chi connectivity index (χ4v) is 3.16. The molecule has 3 N–H and O–H groups in total. The Bertz CT molecular complexity index is 324. The van der Waals surface area contributed by atoms with E-state index in [1.807, 2.05) is 0 Å². The molecule has 5 heteroatoms. The van der Waals surface area contributed by atoms with E-state index in [1.165, 1.54) is 12.8 Å². The third kappa shape index (κ3) is 2.16. The first-order chi connectivity index (χ1) is 7.63. The number of aliphatic carboxylic acids is 2. The topological polar surface area (TPSA) is 94.8 Å². The van der Waals surface area contributed by atoms with Crippen LogP contribution in [-0.2, 0) is 9.59 Å². The minimum atomic E-state index is -1.82. The van der Waals surface area contributed by atoms with Gasteiger partial charge in [-0.1, -0.05) is 20.8 Å². The van der Waals surface area contributed by atoms with Gasteiger partial charge in [-0.15, -0.1) is 0 Å². The monoisotopic (exact) mass is 244 g/mol. The van der Waals surface area contributed by atoms with Crippen molar-refractivity contribution in [2.75, 3.05) is 0 Å². The zero-order chi connectivity index (χ0) is 13.4. The van der Waals surface area contributed by atoms with E-state index in [2.05, 4.69) is 20.8 Å². The van der Waals surface area contributed by atoms with Crippen LogP contribution in [0.15, 0.2) is 0 Å². The first-order valence-electron chi connectivity index (χ1n) is 5.77. The Balaban J connectivity index is 0.000000209. The summed E-state index contributed by atoms with van der Waals surface area (Å²) in [5.74, 6) is -2.87. The van der Waals surface area contributed by atoms with Crippen LogP contribution >= 0.6 is 0 Å². The van der Waals surface area contributed by atoms with Gasteiger partial charge in [-0.2, -0.15) is 0 Å². The molecule has 98 valence electrons. The van der Waals surface area contributed by atoms with Gasteiger partial charge in [0.15, 0.2) is 0 Å². The maximum absolute atomic E-state index is 9.81. The summed E-state index contributed by atoms with van der Waals surface area (Å²) in [5.41, 5.74) is 0.601. The van der Waals surface area contributed by atoms with E-state index < -0.39 is 11.9 Å². The maximum Gasteiger partial charge on any atom is 0.414 e. The molecular formula is C12H20O5. The summed E-state index contributed by atoms with van der Waals surface area (Å²) in [4.78, 5) is 18.2. The van der Waals surface area contributed by atoms with Gasteiger partial charge in [-0.3, -0.25) is 0 Å². The molecule has 0 saturated heterocycles. The third-order valence-corrected chi connectivity index (χ3v) is 4.93. The van der Waals surface area contributed by atoms with E-state index in [0.29, 0.717) is 5.41 Å². The lowest BCUT2D eigenvalue weighted by atomic mass is 9.70. The largest absolute Gasteiger partial charge is 0.473 e. The summed E-state index contributed by atoms with van der Waals surface area (Å²) in [7, 11) is 0. The predicted octanol–water partition coefficient (Wildman–Crippen LogP) is 1.35. The molecule has 2 aliphatic carbocycles. The second-order valence-electron chi connectivity index (χ2n) is 5.74. The Morgan fingerprint density at radius 3 is 1.71 bits per heavy atom. The molecule has 2 saturated carbocycles. The number of hydrogen-bond donors (Lipinski definition) is 3. The Kier molecular flexibility index (Phi) is 3.52. The van der Waals surface area contributed by atoms with E-state index in [0.717, 1.165) is 12.3 Å². The molecule has 0 radical (unpaired) electrons. The summed E-state index contributed by atoms with van der Waals surface area (Å²) in [6.07, 6.45) is 3.58. The van der Waals surface area contributed by atoms with Crippen LogP contribution in [0.5, 0.6) is 0 Å². The molecule has 17 heavy (non-hydrogen) atoms. The van der Waals surface area contributed by atoms with Crippen LogP contribution in [0.2, 0.25) is 0 Å². The Hall–Kier alpha value is -1.10. The highest BCUT2D eigenvalue weighted by Crippen LogP contribution is 2.65. The van der Waals surface area contributed by atoms with Gasteiger partial charge in [0.2, 0.25) is 0 Å². The summed E-state index contributed by atoms with van der Waals surface area (Å²) < 4.78 is 0. The SMILES string of the molecule is CC1(C)C2CCC1(C)C(O)C2.O=C(O)C(=O)O. The lowest BCUT2D eigenvalue weighted by Crippen LogP contribution is -2.35. The van der Waals surface area contributed by atoms with Gasteiger partial charge in [0.1, 0.15) is 0 Å². The van der Waals surface area contributed by atoms with Gasteiger partial charge >= 0.3 is 11.9 Å². The van der Waals surface area contributed by atoms with Crippen LogP contribution in [-0.4, -0.2) is 33.4 Å². The first kappa shape index (κ1) is 14.0. The highest BCUT2D eigenvalue weighted by Gasteiger charge is 2.60. The van der Waals surface area contributed by atoms with Crippen molar-refractivity contribution < 1.29 is 24.9 Å². The van der Waals surface area contributed by atoms with Crippen molar-refractivity contribution in [3.8, 4) is 0 Å². The fourth-order valence-electron chi connectivity index (χ4n) is 3.16. The zero-order valence-corrected chi connectivity index (χ0v) is 10.4. The minimum absolute atomic E-state index is 0.0313. The summed E-state index contributed by atoms with van der Waals surface area (Å²) in [6, 6.07) is 0. The average molecular weight is 244 g/mol. The van der Waals surface area contributed by atoms with Gasteiger partial charge < -0.3 is 15.3 Å². The molecule has 0 aliphatic heterocycles. The Morgan fingerprint density at radius 1 is 1.12 bits per heavy atom. The van der Waals surface area contributed by atoms with Crippen molar-refractivity contribution in [1.82, 2.24) is 0 Å². The number of carbonyl (C=O) groups is 2. The second kappa shape index (κ2) is 4.29. The van der Waals surface area contributed by atoms with Crippen LogP contribution in [0.4, 0.5) is 0 Å². The van der Waals surface area contributed by atoms with Crippen LogP contribution in [0.25, 0.3) is 0 Å². The zero-order valence-electron chi connectivity index (χ0n) is 10.4. The lowest BCUT2D eigenvalue weighted by molar-refractivity contribution is -0.159. The molecule has 0 aromatic rings. The Labute approximate surface area is 100 Å². The van der Waals surface area contributed by atoms with Crippen molar-refractivity contribution in [3.63, 3.8) is 0 Å². The number of hydrogen-bond acceptors (Lipinski definition) is 3. The molecule has 3 unspecified atom stereocenters. The first-order valence-corrected chi connectivity index (χ1v) is 5.77. The molecule has 2 bridgehead atoms.